The van der Waals surface area contributed by atoms with Crippen LogP contribution in [0.5, 0.6) is 11.5 Å². The van der Waals surface area contributed by atoms with Gasteiger partial charge in [-0.2, -0.15) is 0 Å². The highest BCUT2D eigenvalue weighted by Crippen LogP contribution is 2.44. The molecule has 6 rings (SSSR count). The number of amides is 1. The van der Waals surface area contributed by atoms with E-state index in [2.05, 4.69) is 34.6 Å². The summed E-state index contributed by atoms with van der Waals surface area (Å²) >= 11 is 6.83. The van der Waals surface area contributed by atoms with Gasteiger partial charge in [0.15, 0.2) is 11.5 Å². The van der Waals surface area contributed by atoms with Crippen molar-refractivity contribution in [3.8, 4) is 33.9 Å². The third-order valence-electron chi connectivity index (χ3n) is 7.70. The number of likely N-dealkylation sites (N-methyl/N-ethyl adjacent to an activating group) is 1. The Morgan fingerprint density at radius 2 is 1.59 bits per heavy atom. The standard InChI is InChI=1S/C36H34ClN3O4/c1-3-38-36(41)34-33(27-14-15-28-21-40(2)17-16-26(28)18-27)35(44-39-34)29-19-30(37)32(43-23-25-12-8-5-9-13-25)20-31(29)42-22-24-10-6-4-7-11-24/h4-15,18-20H,3,16-17,21-23H2,1-2H3,(H,38,41). The SMILES string of the molecule is CCNC(=O)c1noc(-c2cc(Cl)c(OCc3ccccc3)cc2OCc2ccccc2)c1-c1ccc2c(c1)CCN(C)C2. The van der Waals surface area contributed by atoms with Crippen LogP contribution in [0.1, 0.15) is 39.7 Å². The second-order valence-corrected chi connectivity index (χ2v) is 11.3. The summed E-state index contributed by atoms with van der Waals surface area (Å²) in [5.41, 5.74) is 6.77. The van der Waals surface area contributed by atoms with E-state index in [1.165, 1.54) is 11.1 Å². The molecule has 224 valence electrons. The van der Waals surface area contributed by atoms with Gasteiger partial charge in [0, 0.05) is 25.7 Å². The van der Waals surface area contributed by atoms with Crippen molar-refractivity contribution in [1.82, 2.24) is 15.4 Å². The first-order valence-electron chi connectivity index (χ1n) is 14.8. The molecule has 2 heterocycles. The van der Waals surface area contributed by atoms with Gasteiger partial charge in [-0.1, -0.05) is 95.6 Å². The van der Waals surface area contributed by atoms with Crippen LogP contribution in [0.3, 0.4) is 0 Å². The van der Waals surface area contributed by atoms with Gasteiger partial charge in [0.05, 0.1) is 16.1 Å². The molecule has 1 aromatic heterocycles. The molecule has 4 aromatic carbocycles. The van der Waals surface area contributed by atoms with Crippen LogP contribution in [0.25, 0.3) is 22.5 Å². The molecule has 0 unspecified atom stereocenters. The van der Waals surface area contributed by atoms with Crippen molar-refractivity contribution in [2.45, 2.75) is 33.1 Å². The number of nitrogens with one attached hydrogen (secondary N) is 1. The zero-order chi connectivity index (χ0) is 30.5. The Morgan fingerprint density at radius 3 is 2.27 bits per heavy atom. The van der Waals surface area contributed by atoms with E-state index in [-0.39, 0.29) is 11.6 Å². The summed E-state index contributed by atoms with van der Waals surface area (Å²) in [6.07, 6.45) is 0.918. The molecule has 1 aliphatic rings. The lowest BCUT2D eigenvalue weighted by Gasteiger charge is -2.25. The minimum atomic E-state index is -0.310. The van der Waals surface area contributed by atoms with Crippen LogP contribution >= 0.6 is 11.6 Å². The highest BCUT2D eigenvalue weighted by molar-refractivity contribution is 6.32. The lowest BCUT2D eigenvalue weighted by atomic mass is 9.92. The topological polar surface area (TPSA) is 76.8 Å². The normalized spacial score (nSPS) is 12.9. The van der Waals surface area contributed by atoms with Gasteiger partial charge in [-0.25, -0.2) is 0 Å². The molecule has 0 aliphatic carbocycles. The lowest BCUT2D eigenvalue weighted by molar-refractivity contribution is 0.0947. The number of aromatic nitrogens is 1. The third kappa shape index (κ3) is 6.49. The Kier molecular flexibility index (Phi) is 8.96. The van der Waals surface area contributed by atoms with E-state index in [4.69, 9.17) is 25.6 Å². The first kappa shape index (κ1) is 29.5. The maximum atomic E-state index is 13.2. The molecular weight excluding hydrogens is 574 g/mol. The second-order valence-electron chi connectivity index (χ2n) is 10.9. The summed E-state index contributed by atoms with van der Waals surface area (Å²) < 4.78 is 18.5. The zero-order valence-corrected chi connectivity index (χ0v) is 25.6. The molecule has 0 bridgehead atoms. The van der Waals surface area contributed by atoms with E-state index in [1.807, 2.05) is 73.7 Å². The average Bonchev–Trinajstić information content (AvgIpc) is 3.49. The van der Waals surface area contributed by atoms with Crippen LogP contribution in [-0.2, 0) is 26.2 Å². The van der Waals surface area contributed by atoms with Crippen molar-refractivity contribution in [1.29, 1.82) is 0 Å². The molecule has 0 saturated heterocycles. The van der Waals surface area contributed by atoms with Crippen LogP contribution in [0.15, 0.2) is 95.5 Å². The third-order valence-corrected chi connectivity index (χ3v) is 7.99. The van der Waals surface area contributed by atoms with Gasteiger partial charge in [-0.05, 0) is 54.3 Å². The predicted molar refractivity (Wildman–Crippen MR) is 172 cm³/mol. The Bertz CT molecular complexity index is 1750. The number of hydrogen-bond acceptors (Lipinski definition) is 6. The van der Waals surface area contributed by atoms with E-state index in [9.17, 15) is 4.79 Å². The zero-order valence-electron chi connectivity index (χ0n) is 24.8. The number of rotatable bonds is 10. The molecule has 0 fully saturated rings. The molecule has 1 aliphatic heterocycles. The van der Waals surface area contributed by atoms with Gasteiger partial charge in [0.25, 0.3) is 5.91 Å². The molecule has 0 spiro atoms. The monoisotopic (exact) mass is 607 g/mol. The fraction of sp³-hybridized carbons (Fsp3) is 0.222. The molecule has 1 amide bonds. The van der Waals surface area contributed by atoms with Crippen LogP contribution in [-0.4, -0.2) is 36.1 Å². The Hall–Kier alpha value is -4.59. The molecule has 7 nitrogen and oxygen atoms in total. The van der Waals surface area contributed by atoms with E-state index in [0.717, 1.165) is 36.2 Å². The summed E-state index contributed by atoms with van der Waals surface area (Å²) in [6.45, 7) is 4.84. The minimum absolute atomic E-state index is 0.212. The number of benzene rings is 4. The first-order valence-corrected chi connectivity index (χ1v) is 15.1. The maximum absolute atomic E-state index is 13.2. The van der Waals surface area contributed by atoms with Crippen molar-refractivity contribution in [2.75, 3.05) is 20.1 Å². The number of halogens is 1. The van der Waals surface area contributed by atoms with Gasteiger partial charge in [-0.3, -0.25) is 4.79 Å². The fourth-order valence-corrected chi connectivity index (χ4v) is 5.62. The van der Waals surface area contributed by atoms with E-state index < -0.39 is 0 Å². The summed E-state index contributed by atoms with van der Waals surface area (Å²) in [7, 11) is 2.12. The highest BCUT2D eigenvalue weighted by Gasteiger charge is 2.28. The minimum Gasteiger partial charge on any atom is -0.488 e. The Labute approximate surface area is 262 Å². The van der Waals surface area contributed by atoms with Crippen LogP contribution in [0, 0.1) is 0 Å². The van der Waals surface area contributed by atoms with Gasteiger partial charge >= 0.3 is 0 Å². The second kappa shape index (κ2) is 13.4. The molecule has 8 heteroatoms. The van der Waals surface area contributed by atoms with Gasteiger partial charge in [0.1, 0.15) is 24.7 Å². The van der Waals surface area contributed by atoms with Crippen molar-refractivity contribution in [3.05, 3.63) is 124 Å². The molecule has 0 atom stereocenters. The largest absolute Gasteiger partial charge is 0.488 e. The van der Waals surface area contributed by atoms with Gasteiger partial charge in [0.2, 0.25) is 0 Å². The molecule has 44 heavy (non-hydrogen) atoms. The molecule has 1 N–H and O–H groups in total. The molecule has 0 saturated carbocycles. The van der Waals surface area contributed by atoms with Crippen molar-refractivity contribution in [2.24, 2.45) is 0 Å². The van der Waals surface area contributed by atoms with Crippen LogP contribution in [0.2, 0.25) is 5.02 Å². The highest BCUT2D eigenvalue weighted by atomic mass is 35.5. The first-order chi connectivity index (χ1) is 21.5. The lowest BCUT2D eigenvalue weighted by Crippen LogP contribution is -2.26. The summed E-state index contributed by atoms with van der Waals surface area (Å²) in [5, 5.41) is 7.53. The van der Waals surface area contributed by atoms with Crippen molar-refractivity contribution < 1.29 is 18.8 Å². The number of carbonyl (C=O) groups excluding carboxylic acids is 1. The summed E-state index contributed by atoms with van der Waals surface area (Å²) in [4.78, 5) is 15.5. The Morgan fingerprint density at radius 1 is 0.909 bits per heavy atom. The van der Waals surface area contributed by atoms with E-state index in [0.29, 0.717) is 53.2 Å². The average molecular weight is 608 g/mol. The molecule has 0 radical (unpaired) electrons. The quantitative estimate of drug-likeness (QED) is 0.177. The predicted octanol–water partition coefficient (Wildman–Crippen LogP) is 7.56. The molecule has 5 aromatic rings. The van der Waals surface area contributed by atoms with Gasteiger partial charge in [-0.15, -0.1) is 0 Å². The number of hydrogen-bond donors (Lipinski definition) is 1. The van der Waals surface area contributed by atoms with Crippen molar-refractivity contribution in [3.63, 3.8) is 0 Å². The fourth-order valence-electron chi connectivity index (χ4n) is 5.40. The summed E-state index contributed by atoms with van der Waals surface area (Å²) in [6, 6.07) is 29.6. The number of carbonyl (C=O) groups is 1. The summed E-state index contributed by atoms with van der Waals surface area (Å²) in [5.74, 6) is 1.07. The van der Waals surface area contributed by atoms with E-state index in [1.54, 1.807) is 12.1 Å². The van der Waals surface area contributed by atoms with Crippen LogP contribution in [0.4, 0.5) is 0 Å². The van der Waals surface area contributed by atoms with E-state index >= 15 is 0 Å². The molecular formula is C36H34ClN3O4. The number of fused-ring (bicyclic) bond motifs is 1. The van der Waals surface area contributed by atoms with Gasteiger partial charge < -0.3 is 24.2 Å². The Balaban J connectivity index is 1.45. The number of ether oxygens (including phenoxy) is 2. The van der Waals surface area contributed by atoms with Crippen molar-refractivity contribution >= 4 is 17.5 Å². The number of nitrogens with zero attached hydrogens (tertiary/aromatic N) is 2. The van der Waals surface area contributed by atoms with Crippen LogP contribution < -0.4 is 14.8 Å². The maximum Gasteiger partial charge on any atom is 0.274 e. The smallest absolute Gasteiger partial charge is 0.274 e.